The largest absolute Gasteiger partial charge is 0.392 e. The average molecular weight is 326 g/mol. The number of aliphatic hydroxyl groups is 1. The van der Waals surface area contributed by atoms with Crippen LogP contribution in [-0.2, 0) is 21.4 Å². The molecule has 2 N–H and O–H groups in total. The number of hydrogen-bond donors (Lipinski definition) is 2. The lowest BCUT2D eigenvalue weighted by Gasteiger charge is -2.13. The number of ether oxygens (including phenoxy) is 1. The molecule has 114 valence electrons. The monoisotopic (exact) mass is 325 g/mol. The summed E-state index contributed by atoms with van der Waals surface area (Å²) in [6.45, 7) is 1.65. The molecule has 0 aliphatic rings. The molecule has 0 spiro atoms. The van der Waals surface area contributed by atoms with Crippen molar-refractivity contribution in [2.45, 2.75) is 18.4 Å². The number of benzene rings is 1. The van der Waals surface area contributed by atoms with E-state index in [0.717, 1.165) is 6.07 Å². The number of rotatable bonds is 7. The van der Waals surface area contributed by atoms with Crippen LogP contribution in [0.1, 0.15) is 12.5 Å². The van der Waals surface area contributed by atoms with Gasteiger partial charge in [-0.15, -0.1) is 0 Å². The van der Waals surface area contributed by atoms with E-state index >= 15 is 0 Å². The van der Waals surface area contributed by atoms with E-state index in [4.69, 9.17) is 21.4 Å². The highest BCUT2D eigenvalue weighted by molar-refractivity contribution is 7.89. The minimum Gasteiger partial charge on any atom is -0.392 e. The van der Waals surface area contributed by atoms with Gasteiger partial charge in [0.1, 0.15) is 10.7 Å². The minimum absolute atomic E-state index is 0.0424. The van der Waals surface area contributed by atoms with E-state index in [1.165, 1.54) is 13.2 Å². The molecule has 0 aliphatic heterocycles. The first-order valence-electron chi connectivity index (χ1n) is 5.89. The fourth-order valence-corrected chi connectivity index (χ4v) is 3.22. The third kappa shape index (κ3) is 4.39. The lowest BCUT2D eigenvalue weighted by Crippen LogP contribution is -2.30. The summed E-state index contributed by atoms with van der Waals surface area (Å²) >= 11 is 5.73. The number of halogens is 2. The smallest absolute Gasteiger partial charge is 0.243 e. The molecule has 20 heavy (non-hydrogen) atoms. The normalized spacial score (nSPS) is 13.4. The molecule has 0 heterocycles. The second-order valence-corrected chi connectivity index (χ2v) is 6.62. The van der Waals surface area contributed by atoms with Crippen LogP contribution in [-0.4, -0.2) is 33.8 Å². The van der Waals surface area contributed by atoms with Gasteiger partial charge >= 0.3 is 0 Å². The predicted molar refractivity (Wildman–Crippen MR) is 73.6 cm³/mol. The Morgan fingerprint density at radius 2 is 2.15 bits per heavy atom. The van der Waals surface area contributed by atoms with Gasteiger partial charge in [-0.25, -0.2) is 17.5 Å². The van der Waals surface area contributed by atoms with Crippen molar-refractivity contribution in [2.24, 2.45) is 5.92 Å². The third-order valence-electron chi connectivity index (χ3n) is 2.61. The molecule has 1 atom stereocenters. The van der Waals surface area contributed by atoms with Crippen molar-refractivity contribution in [1.82, 2.24) is 4.72 Å². The zero-order valence-corrected chi connectivity index (χ0v) is 12.8. The maximum atomic E-state index is 14.0. The van der Waals surface area contributed by atoms with Crippen LogP contribution >= 0.6 is 11.6 Å². The van der Waals surface area contributed by atoms with Gasteiger partial charge in [0.2, 0.25) is 10.0 Å². The highest BCUT2D eigenvalue weighted by atomic mass is 35.5. The average Bonchev–Trinajstić information content (AvgIpc) is 2.39. The van der Waals surface area contributed by atoms with Gasteiger partial charge < -0.3 is 9.84 Å². The van der Waals surface area contributed by atoms with Crippen LogP contribution in [0.15, 0.2) is 17.0 Å². The number of hydrogen-bond acceptors (Lipinski definition) is 4. The Morgan fingerprint density at radius 1 is 1.50 bits per heavy atom. The lowest BCUT2D eigenvalue weighted by molar-refractivity contribution is 0.161. The SMILES string of the molecule is COCC(C)CNS(=O)(=O)c1cc(Cl)cc(CO)c1F. The summed E-state index contributed by atoms with van der Waals surface area (Å²) in [7, 11) is -2.53. The van der Waals surface area contributed by atoms with Gasteiger partial charge in [0, 0.05) is 30.8 Å². The van der Waals surface area contributed by atoms with Gasteiger partial charge in [0.05, 0.1) is 6.61 Å². The first-order chi connectivity index (χ1) is 9.31. The topological polar surface area (TPSA) is 75.6 Å². The maximum Gasteiger partial charge on any atom is 0.243 e. The van der Waals surface area contributed by atoms with Crippen LogP contribution in [0, 0.1) is 11.7 Å². The van der Waals surface area contributed by atoms with Crippen LogP contribution in [0.25, 0.3) is 0 Å². The zero-order chi connectivity index (χ0) is 15.3. The highest BCUT2D eigenvalue weighted by Crippen LogP contribution is 2.23. The van der Waals surface area contributed by atoms with Gasteiger partial charge in [-0.3, -0.25) is 0 Å². The molecule has 1 aromatic rings. The summed E-state index contributed by atoms with van der Waals surface area (Å²) in [5.74, 6) is -1.06. The summed E-state index contributed by atoms with van der Waals surface area (Å²) in [4.78, 5) is -0.571. The number of methoxy groups -OCH3 is 1. The molecule has 0 radical (unpaired) electrons. The van der Waals surface area contributed by atoms with E-state index in [0.29, 0.717) is 6.61 Å². The van der Waals surface area contributed by atoms with E-state index < -0.39 is 27.3 Å². The Balaban J connectivity index is 3.01. The van der Waals surface area contributed by atoms with Crippen LogP contribution in [0.4, 0.5) is 4.39 Å². The van der Waals surface area contributed by atoms with Crippen LogP contribution in [0.3, 0.4) is 0 Å². The second-order valence-electron chi connectivity index (χ2n) is 4.45. The Morgan fingerprint density at radius 3 is 2.70 bits per heavy atom. The standard InChI is InChI=1S/C12H17ClFNO4S/c1-8(7-19-2)5-15-20(17,18)11-4-10(13)3-9(6-16)12(11)14/h3-4,8,15-16H,5-7H2,1-2H3. The van der Waals surface area contributed by atoms with Crippen molar-refractivity contribution in [3.05, 3.63) is 28.5 Å². The Hall–Kier alpha value is -0.730. The van der Waals surface area contributed by atoms with E-state index in [9.17, 15) is 12.8 Å². The third-order valence-corrected chi connectivity index (χ3v) is 4.25. The minimum atomic E-state index is -4.04. The molecule has 0 fully saturated rings. The van der Waals surface area contributed by atoms with Crippen LogP contribution in [0.5, 0.6) is 0 Å². The molecule has 1 unspecified atom stereocenters. The molecular formula is C12H17ClFNO4S. The molecule has 0 amide bonds. The van der Waals surface area contributed by atoms with Crippen molar-refractivity contribution < 1.29 is 22.7 Å². The van der Waals surface area contributed by atoms with Gasteiger partial charge in [0.25, 0.3) is 0 Å². The molecule has 0 saturated heterocycles. The fraction of sp³-hybridized carbons (Fsp3) is 0.500. The van der Waals surface area contributed by atoms with Crippen LogP contribution in [0.2, 0.25) is 5.02 Å². The number of aliphatic hydroxyl groups excluding tert-OH is 1. The van der Waals surface area contributed by atoms with E-state index in [-0.39, 0.29) is 23.0 Å². The quantitative estimate of drug-likeness (QED) is 0.797. The molecule has 0 saturated carbocycles. The molecule has 8 heteroatoms. The van der Waals surface area contributed by atoms with Gasteiger partial charge in [-0.05, 0) is 18.1 Å². The highest BCUT2D eigenvalue weighted by Gasteiger charge is 2.22. The molecular weight excluding hydrogens is 309 g/mol. The molecule has 5 nitrogen and oxygen atoms in total. The summed E-state index contributed by atoms with van der Waals surface area (Å²) in [5.41, 5.74) is -0.164. The summed E-state index contributed by atoms with van der Waals surface area (Å²) in [5, 5.41) is 9.03. The Kier molecular flexibility index (Phi) is 6.35. The van der Waals surface area contributed by atoms with Crippen molar-refractivity contribution in [1.29, 1.82) is 0 Å². The predicted octanol–water partition coefficient (Wildman–Crippen LogP) is 1.53. The van der Waals surface area contributed by atoms with Crippen molar-refractivity contribution in [2.75, 3.05) is 20.3 Å². The first-order valence-corrected chi connectivity index (χ1v) is 7.75. The molecule has 1 aromatic carbocycles. The van der Waals surface area contributed by atoms with E-state index in [1.807, 2.05) is 0 Å². The van der Waals surface area contributed by atoms with Crippen molar-refractivity contribution in [3.8, 4) is 0 Å². The number of sulfonamides is 1. The first kappa shape index (κ1) is 17.3. The van der Waals surface area contributed by atoms with Gasteiger partial charge in [-0.1, -0.05) is 18.5 Å². The molecule has 0 bridgehead atoms. The van der Waals surface area contributed by atoms with Crippen molar-refractivity contribution >= 4 is 21.6 Å². The van der Waals surface area contributed by atoms with Gasteiger partial charge in [-0.2, -0.15) is 0 Å². The Labute approximate surface area is 122 Å². The van der Waals surface area contributed by atoms with Gasteiger partial charge in [0.15, 0.2) is 0 Å². The fourth-order valence-electron chi connectivity index (χ4n) is 1.60. The molecule has 0 aromatic heterocycles. The molecule has 1 rings (SSSR count). The second kappa shape index (κ2) is 7.33. The van der Waals surface area contributed by atoms with Crippen molar-refractivity contribution in [3.63, 3.8) is 0 Å². The lowest BCUT2D eigenvalue weighted by atomic mass is 10.2. The summed E-state index contributed by atoms with van der Waals surface area (Å²) < 4.78 is 45.2. The van der Waals surface area contributed by atoms with E-state index in [2.05, 4.69) is 4.72 Å². The Bertz CT molecular complexity index is 565. The van der Waals surface area contributed by atoms with Crippen LogP contribution < -0.4 is 4.72 Å². The number of nitrogens with one attached hydrogen (secondary N) is 1. The van der Waals surface area contributed by atoms with E-state index in [1.54, 1.807) is 6.92 Å². The maximum absolute atomic E-state index is 14.0. The summed E-state index contributed by atoms with van der Waals surface area (Å²) in [6, 6.07) is 2.20. The molecule has 0 aliphatic carbocycles. The summed E-state index contributed by atoms with van der Waals surface area (Å²) in [6.07, 6.45) is 0. The zero-order valence-electron chi connectivity index (χ0n) is 11.2.